The first-order valence-corrected chi connectivity index (χ1v) is 13.5. The van der Waals surface area contributed by atoms with Gasteiger partial charge >= 0.3 is 6.09 Å². The highest BCUT2D eigenvalue weighted by molar-refractivity contribution is 7.89. The summed E-state index contributed by atoms with van der Waals surface area (Å²) >= 11 is 0. The number of likely N-dealkylation sites (tertiary alicyclic amines) is 1. The molecule has 190 valence electrons. The summed E-state index contributed by atoms with van der Waals surface area (Å²) in [4.78, 5) is 27.2. The Morgan fingerprint density at radius 3 is 2.41 bits per heavy atom. The summed E-state index contributed by atoms with van der Waals surface area (Å²) in [6, 6.07) is 4.20. The standard InChI is InChI=1S/C24H37N3O6S/c1-24(2,3)33-23(29)25-16-19-11-7-8-14-27(19)22(28)17-12-13-20(32-4)21(15-17)34(30,31)26-18-9-5-6-10-18/h12-13,15,18-19,26H,5-11,14,16H2,1-4H3,(H,25,29). The number of nitrogens with zero attached hydrogens (tertiary/aromatic N) is 1. The van der Waals surface area contributed by atoms with Gasteiger partial charge in [0.15, 0.2) is 0 Å². The third-order valence-electron chi connectivity index (χ3n) is 6.15. The van der Waals surface area contributed by atoms with Gasteiger partial charge in [0, 0.05) is 30.7 Å². The molecule has 1 aliphatic carbocycles. The van der Waals surface area contributed by atoms with Gasteiger partial charge in [0.1, 0.15) is 16.2 Å². The Labute approximate surface area is 202 Å². The van der Waals surface area contributed by atoms with Crippen molar-refractivity contribution < 1.29 is 27.5 Å². The second kappa shape index (κ2) is 10.9. The van der Waals surface area contributed by atoms with Crippen molar-refractivity contribution in [1.29, 1.82) is 0 Å². The fourth-order valence-corrected chi connectivity index (χ4v) is 6.01. The van der Waals surface area contributed by atoms with Crippen LogP contribution in [0.15, 0.2) is 23.1 Å². The van der Waals surface area contributed by atoms with Crippen LogP contribution in [0.1, 0.15) is 76.1 Å². The predicted molar refractivity (Wildman–Crippen MR) is 128 cm³/mol. The Bertz CT molecular complexity index is 983. The van der Waals surface area contributed by atoms with Crippen molar-refractivity contribution in [3.8, 4) is 5.75 Å². The maximum atomic E-state index is 13.4. The minimum absolute atomic E-state index is 0.0341. The molecule has 1 unspecified atom stereocenters. The molecule has 9 nitrogen and oxygen atoms in total. The lowest BCUT2D eigenvalue weighted by molar-refractivity contribution is 0.0462. The zero-order valence-electron chi connectivity index (χ0n) is 20.6. The SMILES string of the molecule is COc1ccc(C(=O)N2CCCCC2CNC(=O)OC(C)(C)C)cc1S(=O)(=O)NC1CCCC1. The largest absolute Gasteiger partial charge is 0.495 e. The lowest BCUT2D eigenvalue weighted by Crippen LogP contribution is -2.50. The average Bonchev–Trinajstić information content (AvgIpc) is 3.28. The Hall–Kier alpha value is -2.33. The molecule has 2 fully saturated rings. The zero-order chi connectivity index (χ0) is 24.9. The van der Waals surface area contributed by atoms with Crippen molar-refractivity contribution in [3.63, 3.8) is 0 Å². The fraction of sp³-hybridized carbons (Fsp3) is 0.667. The molecule has 0 aromatic heterocycles. The third kappa shape index (κ3) is 6.85. The number of hydrogen-bond donors (Lipinski definition) is 2. The normalized spacial score (nSPS) is 19.6. The van der Waals surface area contributed by atoms with Crippen molar-refractivity contribution in [3.05, 3.63) is 23.8 Å². The van der Waals surface area contributed by atoms with Crippen molar-refractivity contribution in [2.24, 2.45) is 0 Å². The lowest BCUT2D eigenvalue weighted by atomic mass is 10.0. The number of carbonyl (C=O) groups excluding carboxylic acids is 2. The van der Waals surface area contributed by atoms with Crippen LogP contribution >= 0.6 is 0 Å². The highest BCUT2D eigenvalue weighted by Crippen LogP contribution is 2.29. The Balaban J connectivity index is 1.77. The van der Waals surface area contributed by atoms with E-state index in [-0.39, 0.29) is 40.7 Å². The van der Waals surface area contributed by atoms with Gasteiger partial charge in [0.2, 0.25) is 10.0 Å². The molecule has 1 atom stereocenters. The molecule has 34 heavy (non-hydrogen) atoms. The molecule has 1 saturated carbocycles. The van der Waals surface area contributed by atoms with Gasteiger partial charge < -0.3 is 19.7 Å². The van der Waals surface area contributed by atoms with E-state index in [1.165, 1.54) is 19.2 Å². The molecule has 2 aliphatic rings. The van der Waals surface area contributed by atoms with Crippen LogP contribution in [0.2, 0.25) is 0 Å². The monoisotopic (exact) mass is 495 g/mol. The van der Waals surface area contributed by atoms with Gasteiger partial charge in [-0.15, -0.1) is 0 Å². The highest BCUT2D eigenvalue weighted by atomic mass is 32.2. The maximum absolute atomic E-state index is 13.4. The molecule has 0 spiro atoms. The van der Waals surface area contributed by atoms with Crippen molar-refractivity contribution in [1.82, 2.24) is 14.9 Å². The van der Waals surface area contributed by atoms with E-state index in [9.17, 15) is 18.0 Å². The topological polar surface area (TPSA) is 114 Å². The predicted octanol–water partition coefficient (Wildman–Crippen LogP) is 3.44. The van der Waals surface area contributed by atoms with Crippen LogP contribution in [-0.4, -0.2) is 63.2 Å². The highest BCUT2D eigenvalue weighted by Gasteiger charge is 2.31. The minimum atomic E-state index is -3.84. The molecule has 1 aromatic rings. The second-order valence-corrected chi connectivity index (χ2v) is 11.7. The Morgan fingerprint density at radius 1 is 1.09 bits per heavy atom. The number of methoxy groups -OCH3 is 1. The van der Waals surface area contributed by atoms with Gasteiger partial charge in [-0.1, -0.05) is 12.8 Å². The number of ether oxygens (including phenoxy) is 2. The van der Waals surface area contributed by atoms with Gasteiger partial charge in [0.05, 0.1) is 7.11 Å². The molecule has 10 heteroatoms. The number of carbonyl (C=O) groups is 2. The zero-order valence-corrected chi connectivity index (χ0v) is 21.4. The number of amides is 2. The molecule has 1 heterocycles. The van der Waals surface area contributed by atoms with Gasteiger partial charge in [-0.3, -0.25) is 4.79 Å². The van der Waals surface area contributed by atoms with Gasteiger partial charge in [-0.05, 0) is 71.1 Å². The van der Waals surface area contributed by atoms with Crippen molar-refractivity contribution in [2.75, 3.05) is 20.2 Å². The number of sulfonamides is 1. The molecule has 1 aliphatic heterocycles. The quantitative estimate of drug-likeness (QED) is 0.599. The summed E-state index contributed by atoms with van der Waals surface area (Å²) in [6.45, 7) is 6.18. The van der Waals surface area contributed by atoms with Crippen LogP contribution in [0.5, 0.6) is 5.75 Å². The fourth-order valence-electron chi connectivity index (χ4n) is 4.51. The summed E-state index contributed by atoms with van der Waals surface area (Å²) in [5.41, 5.74) is -0.333. The number of piperidine rings is 1. The summed E-state index contributed by atoms with van der Waals surface area (Å²) in [7, 11) is -2.43. The number of alkyl carbamates (subject to hydrolysis) is 1. The molecule has 1 saturated heterocycles. The average molecular weight is 496 g/mol. The van der Waals surface area contributed by atoms with E-state index in [1.54, 1.807) is 31.7 Å². The van der Waals surface area contributed by atoms with Crippen LogP contribution in [0.3, 0.4) is 0 Å². The first kappa shape index (κ1) is 26.3. The summed E-state index contributed by atoms with van der Waals surface area (Å²) in [5, 5.41) is 2.76. The molecule has 0 radical (unpaired) electrons. The summed E-state index contributed by atoms with van der Waals surface area (Å²) in [5.74, 6) is -0.0699. The van der Waals surface area contributed by atoms with Crippen molar-refractivity contribution in [2.45, 2.75) is 88.3 Å². The van der Waals surface area contributed by atoms with E-state index >= 15 is 0 Å². The van der Waals surface area contributed by atoms with E-state index < -0.39 is 21.7 Å². The number of rotatable bonds is 7. The van der Waals surface area contributed by atoms with E-state index in [4.69, 9.17) is 9.47 Å². The van der Waals surface area contributed by atoms with Crippen LogP contribution < -0.4 is 14.8 Å². The minimum Gasteiger partial charge on any atom is -0.495 e. The molecule has 2 N–H and O–H groups in total. The summed E-state index contributed by atoms with van der Waals surface area (Å²) < 4.78 is 39.6. The molecule has 3 rings (SSSR count). The molecular formula is C24H37N3O6S. The molecule has 1 aromatic carbocycles. The van der Waals surface area contributed by atoms with Crippen LogP contribution in [-0.2, 0) is 14.8 Å². The van der Waals surface area contributed by atoms with Crippen LogP contribution in [0, 0.1) is 0 Å². The number of benzene rings is 1. The third-order valence-corrected chi connectivity index (χ3v) is 7.69. The van der Waals surface area contributed by atoms with Gasteiger partial charge in [-0.25, -0.2) is 17.9 Å². The smallest absolute Gasteiger partial charge is 0.407 e. The summed E-state index contributed by atoms with van der Waals surface area (Å²) in [6.07, 6.45) is 5.61. The van der Waals surface area contributed by atoms with E-state index in [2.05, 4.69) is 10.0 Å². The Morgan fingerprint density at radius 2 is 1.76 bits per heavy atom. The van der Waals surface area contributed by atoms with E-state index in [0.717, 1.165) is 44.9 Å². The van der Waals surface area contributed by atoms with Crippen LogP contribution in [0.25, 0.3) is 0 Å². The lowest BCUT2D eigenvalue weighted by Gasteiger charge is -2.36. The molecular weight excluding hydrogens is 458 g/mol. The first-order chi connectivity index (χ1) is 16.0. The number of nitrogens with one attached hydrogen (secondary N) is 2. The van der Waals surface area contributed by atoms with Crippen molar-refractivity contribution >= 4 is 22.0 Å². The maximum Gasteiger partial charge on any atom is 0.407 e. The molecule has 2 amide bonds. The Kier molecular flexibility index (Phi) is 8.46. The van der Waals surface area contributed by atoms with E-state index in [1.807, 2.05) is 0 Å². The number of hydrogen-bond acceptors (Lipinski definition) is 6. The van der Waals surface area contributed by atoms with Crippen LogP contribution in [0.4, 0.5) is 4.79 Å². The van der Waals surface area contributed by atoms with Gasteiger partial charge in [0.25, 0.3) is 5.91 Å². The second-order valence-electron chi connectivity index (χ2n) is 10.00. The molecule has 0 bridgehead atoms. The first-order valence-electron chi connectivity index (χ1n) is 12.0. The van der Waals surface area contributed by atoms with Gasteiger partial charge in [-0.2, -0.15) is 0 Å². The van der Waals surface area contributed by atoms with E-state index in [0.29, 0.717) is 6.54 Å².